The predicted octanol–water partition coefficient (Wildman–Crippen LogP) is 2.89. The lowest BCUT2D eigenvalue weighted by Gasteiger charge is -2.34. The highest BCUT2D eigenvalue weighted by atomic mass is 32.1. The second-order valence-corrected chi connectivity index (χ2v) is 6.57. The average Bonchev–Trinajstić information content (AvgIpc) is 3.17. The van der Waals surface area contributed by atoms with Crippen molar-refractivity contribution in [2.75, 3.05) is 6.54 Å². The summed E-state index contributed by atoms with van der Waals surface area (Å²) in [7, 11) is 0. The van der Waals surface area contributed by atoms with E-state index in [4.69, 9.17) is 10.3 Å². The molecule has 21 heavy (non-hydrogen) atoms. The quantitative estimate of drug-likeness (QED) is 0.920. The summed E-state index contributed by atoms with van der Waals surface area (Å²) in [6, 6.07) is 4.99. The van der Waals surface area contributed by atoms with Crippen LogP contribution in [0.1, 0.15) is 38.5 Å². The van der Waals surface area contributed by atoms with Crippen LogP contribution >= 0.6 is 11.3 Å². The van der Waals surface area contributed by atoms with Crippen LogP contribution in [0.4, 0.5) is 0 Å². The molecular weight excluding hydrogens is 284 g/mol. The molecule has 1 saturated carbocycles. The lowest BCUT2D eigenvalue weighted by atomic mass is 9.91. The van der Waals surface area contributed by atoms with Crippen LogP contribution < -0.4 is 5.73 Å². The molecule has 0 unspecified atom stereocenters. The molecule has 0 spiro atoms. The van der Waals surface area contributed by atoms with Crippen LogP contribution in [-0.2, 0) is 6.54 Å². The van der Waals surface area contributed by atoms with Crippen LogP contribution in [-0.4, -0.2) is 33.7 Å². The van der Waals surface area contributed by atoms with Gasteiger partial charge in [0.15, 0.2) is 0 Å². The SMILES string of the molecule is CCN(Cc1nc(-c2cccs2)no1)C1CCC(N)CC1. The third-order valence-corrected chi connectivity index (χ3v) is 5.08. The maximum Gasteiger partial charge on any atom is 0.241 e. The normalized spacial score (nSPS) is 22.8. The molecular formula is C15H22N4OS. The lowest BCUT2D eigenvalue weighted by Crippen LogP contribution is -2.40. The van der Waals surface area contributed by atoms with Crippen LogP contribution in [0.2, 0.25) is 0 Å². The van der Waals surface area contributed by atoms with Gasteiger partial charge in [-0.15, -0.1) is 11.3 Å². The Morgan fingerprint density at radius 1 is 1.38 bits per heavy atom. The number of hydrogen-bond acceptors (Lipinski definition) is 6. The standard InChI is InChI=1S/C15H22N4OS/c1-2-19(12-7-5-11(16)6-8-12)10-14-17-15(18-20-14)13-4-3-9-21-13/h3-4,9,11-12H,2,5-8,10,16H2,1H3. The highest BCUT2D eigenvalue weighted by Gasteiger charge is 2.24. The molecule has 1 aliphatic carbocycles. The molecule has 114 valence electrons. The number of thiophene rings is 1. The Kier molecular flexibility index (Phi) is 4.67. The van der Waals surface area contributed by atoms with Crippen molar-refractivity contribution >= 4 is 11.3 Å². The van der Waals surface area contributed by atoms with Crippen molar-refractivity contribution in [1.29, 1.82) is 0 Å². The highest BCUT2D eigenvalue weighted by molar-refractivity contribution is 7.13. The molecule has 0 bridgehead atoms. The first-order valence-corrected chi connectivity index (χ1v) is 8.50. The van der Waals surface area contributed by atoms with Gasteiger partial charge in [0.25, 0.3) is 0 Å². The largest absolute Gasteiger partial charge is 0.338 e. The van der Waals surface area contributed by atoms with Crippen LogP contribution in [0.3, 0.4) is 0 Å². The molecule has 0 aliphatic heterocycles. The van der Waals surface area contributed by atoms with Crippen molar-refractivity contribution in [2.45, 2.75) is 51.2 Å². The zero-order valence-corrected chi connectivity index (χ0v) is 13.2. The van der Waals surface area contributed by atoms with Crippen LogP contribution in [0, 0.1) is 0 Å². The van der Waals surface area contributed by atoms with Crippen LogP contribution in [0.15, 0.2) is 22.0 Å². The van der Waals surface area contributed by atoms with Gasteiger partial charge in [-0.1, -0.05) is 18.1 Å². The van der Waals surface area contributed by atoms with E-state index >= 15 is 0 Å². The van der Waals surface area contributed by atoms with Crippen LogP contribution in [0.5, 0.6) is 0 Å². The molecule has 0 amide bonds. The molecule has 2 N–H and O–H groups in total. The topological polar surface area (TPSA) is 68.2 Å². The number of nitrogens with two attached hydrogens (primary N) is 1. The summed E-state index contributed by atoms with van der Waals surface area (Å²) in [5.74, 6) is 1.40. The van der Waals surface area contributed by atoms with Gasteiger partial charge in [0.05, 0.1) is 11.4 Å². The maximum absolute atomic E-state index is 5.99. The highest BCUT2D eigenvalue weighted by Crippen LogP contribution is 2.25. The Morgan fingerprint density at radius 3 is 2.86 bits per heavy atom. The molecule has 1 fully saturated rings. The Balaban J connectivity index is 1.64. The molecule has 0 aromatic carbocycles. The molecule has 2 aromatic rings. The second kappa shape index (κ2) is 6.68. The Morgan fingerprint density at radius 2 is 2.19 bits per heavy atom. The minimum atomic E-state index is 0.383. The molecule has 0 radical (unpaired) electrons. The van der Waals surface area contributed by atoms with E-state index in [1.54, 1.807) is 11.3 Å². The first kappa shape index (κ1) is 14.7. The summed E-state index contributed by atoms with van der Waals surface area (Å²) in [5, 5.41) is 6.10. The van der Waals surface area contributed by atoms with E-state index < -0.39 is 0 Å². The molecule has 6 heteroatoms. The van der Waals surface area contributed by atoms with Crippen LogP contribution in [0.25, 0.3) is 10.7 Å². The summed E-state index contributed by atoms with van der Waals surface area (Å²) in [4.78, 5) is 8.00. The monoisotopic (exact) mass is 306 g/mol. The summed E-state index contributed by atoms with van der Waals surface area (Å²) in [6.45, 7) is 3.91. The van der Waals surface area contributed by atoms with Gasteiger partial charge in [-0.2, -0.15) is 4.98 Å². The third-order valence-electron chi connectivity index (χ3n) is 4.21. The Bertz CT molecular complexity index is 546. The fourth-order valence-corrected chi connectivity index (χ4v) is 3.61. The van der Waals surface area contributed by atoms with E-state index in [1.807, 2.05) is 17.5 Å². The van der Waals surface area contributed by atoms with Gasteiger partial charge in [-0.25, -0.2) is 0 Å². The van der Waals surface area contributed by atoms with Crippen molar-refractivity contribution in [1.82, 2.24) is 15.0 Å². The van der Waals surface area contributed by atoms with Gasteiger partial charge in [-0.05, 0) is 43.7 Å². The molecule has 2 heterocycles. The van der Waals surface area contributed by atoms with Gasteiger partial charge in [0.2, 0.25) is 11.7 Å². The van der Waals surface area contributed by atoms with E-state index in [0.29, 0.717) is 23.8 Å². The van der Waals surface area contributed by atoms with Crippen molar-refractivity contribution in [3.05, 3.63) is 23.4 Å². The summed E-state index contributed by atoms with van der Waals surface area (Å²) < 4.78 is 5.41. The van der Waals surface area contributed by atoms with Crippen molar-refractivity contribution in [2.24, 2.45) is 5.73 Å². The van der Waals surface area contributed by atoms with E-state index in [2.05, 4.69) is 22.0 Å². The predicted molar refractivity (Wildman–Crippen MR) is 83.9 cm³/mol. The third kappa shape index (κ3) is 3.51. The maximum atomic E-state index is 5.99. The van der Waals surface area contributed by atoms with E-state index in [1.165, 1.54) is 12.8 Å². The number of rotatable bonds is 5. The van der Waals surface area contributed by atoms with Gasteiger partial charge >= 0.3 is 0 Å². The first-order chi connectivity index (χ1) is 10.3. The van der Waals surface area contributed by atoms with E-state index in [-0.39, 0.29) is 0 Å². The zero-order valence-electron chi connectivity index (χ0n) is 12.4. The van der Waals surface area contributed by atoms with E-state index in [9.17, 15) is 0 Å². The van der Waals surface area contributed by atoms with Gasteiger partial charge in [-0.3, -0.25) is 4.90 Å². The smallest absolute Gasteiger partial charge is 0.241 e. The number of nitrogens with zero attached hydrogens (tertiary/aromatic N) is 3. The summed E-state index contributed by atoms with van der Waals surface area (Å²) >= 11 is 1.63. The number of hydrogen-bond donors (Lipinski definition) is 1. The second-order valence-electron chi connectivity index (χ2n) is 5.62. The van der Waals surface area contributed by atoms with Crippen molar-refractivity contribution in [3.63, 3.8) is 0 Å². The zero-order chi connectivity index (χ0) is 14.7. The lowest BCUT2D eigenvalue weighted by molar-refractivity contribution is 0.133. The van der Waals surface area contributed by atoms with Gasteiger partial charge in [0, 0.05) is 12.1 Å². The Hall–Kier alpha value is -1.24. The molecule has 5 nitrogen and oxygen atoms in total. The molecule has 3 rings (SSSR count). The fourth-order valence-electron chi connectivity index (χ4n) is 2.96. The van der Waals surface area contributed by atoms with Gasteiger partial charge < -0.3 is 10.3 Å². The van der Waals surface area contributed by atoms with E-state index in [0.717, 1.165) is 30.8 Å². The molecule has 1 aliphatic rings. The minimum Gasteiger partial charge on any atom is -0.338 e. The first-order valence-electron chi connectivity index (χ1n) is 7.62. The van der Waals surface area contributed by atoms with Crippen molar-refractivity contribution in [3.8, 4) is 10.7 Å². The average molecular weight is 306 g/mol. The molecule has 0 saturated heterocycles. The number of aromatic nitrogens is 2. The van der Waals surface area contributed by atoms with Gasteiger partial charge in [0.1, 0.15) is 0 Å². The molecule has 2 aromatic heterocycles. The van der Waals surface area contributed by atoms with Crippen molar-refractivity contribution < 1.29 is 4.52 Å². The Labute approximate surface area is 129 Å². The minimum absolute atomic E-state index is 0.383. The fraction of sp³-hybridized carbons (Fsp3) is 0.600. The molecule has 0 atom stereocenters. The summed E-state index contributed by atoms with van der Waals surface area (Å²) in [6.07, 6.45) is 4.57. The summed E-state index contributed by atoms with van der Waals surface area (Å²) in [5.41, 5.74) is 5.99.